The van der Waals surface area contributed by atoms with Crippen molar-refractivity contribution in [3.63, 3.8) is 0 Å². The number of thiophene rings is 1. The first-order chi connectivity index (χ1) is 8.15. The average molecular weight is 376 g/mol. The molecule has 1 aromatic carbocycles. The molecule has 0 bridgehead atoms. The largest absolute Gasteiger partial charge is 0.388 e. The number of benzene rings is 1. The number of aryl methyl sites for hydroxylation is 1. The fourth-order valence-electron chi connectivity index (χ4n) is 1.67. The maximum absolute atomic E-state index is 10.1. The molecule has 0 amide bonds. The Hall–Kier alpha value is -0.160. The van der Waals surface area contributed by atoms with E-state index < -0.39 is 6.10 Å². The third kappa shape index (κ3) is 3.91. The first-order valence-corrected chi connectivity index (χ1v) is 7.78. The van der Waals surface area contributed by atoms with Crippen LogP contribution in [0.3, 0.4) is 0 Å². The van der Waals surface area contributed by atoms with Crippen molar-refractivity contribution >= 4 is 43.2 Å². The summed E-state index contributed by atoms with van der Waals surface area (Å²) in [7, 11) is 0. The Bertz CT molecular complexity index is 462. The summed E-state index contributed by atoms with van der Waals surface area (Å²) in [5.74, 6) is 0. The second kappa shape index (κ2) is 6.14. The van der Waals surface area contributed by atoms with Crippen molar-refractivity contribution in [3.8, 4) is 0 Å². The topological polar surface area (TPSA) is 20.2 Å². The quantitative estimate of drug-likeness (QED) is 0.802. The summed E-state index contributed by atoms with van der Waals surface area (Å²) in [6, 6.07) is 10.0. The number of hydrogen-bond donors (Lipinski definition) is 1. The molecule has 1 unspecified atom stereocenters. The monoisotopic (exact) mass is 374 g/mol. The van der Waals surface area contributed by atoms with Gasteiger partial charge in [0.15, 0.2) is 0 Å². The minimum Gasteiger partial charge on any atom is -0.388 e. The Morgan fingerprint density at radius 3 is 2.47 bits per heavy atom. The molecule has 1 nitrogen and oxygen atoms in total. The van der Waals surface area contributed by atoms with E-state index in [1.165, 1.54) is 4.88 Å². The molecule has 0 saturated heterocycles. The summed E-state index contributed by atoms with van der Waals surface area (Å²) in [6.45, 7) is 0. The van der Waals surface area contributed by atoms with Gasteiger partial charge in [0.1, 0.15) is 0 Å². The third-order valence-corrected chi connectivity index (χ3v) is 4.37. The van der Waals surface area contributed by atoms with Crippen molar-refractivity contribution < 1.29 is 5.11 Å². The number of rotatable bonds is 4. The van der Waals surface area contributed by atoms with Gasteiger partial charge in [0, 0.05) is 13.8 Å². The van der Waals surface area contributed by atoms with Crippen LogP contribution in [0, 0.1) is 0 Å². The summed E-state index contributed by atoms with van der Waals surface area (Å²) in [5, 5.41) is 12.2. The standard InChI is InChI=1S/C13H12Br2OS/c14-10-6-9(7-11(15)8-10)13(16)4-3-12-2-1-5-17-12/h1-2,5-8,13,16H,3-4H2. The Labute approximate surface area is 122 Å². The maximum Gasteiger partial charge on any atom is 0.0794 e. The van der Waals surface area contributed by atoms with Crippen LogP contribution < -0.4 is 0 Å². The molecule has 2 rings (SSSR count). The summed E-state index contributed by atoms with van der Waals surface area (Å²) >= 11 is 8.60. The minimum absolute atomic E-state index is 0.411. The zero-order valence-electron chi connectivity index (χ0n) is 9.07. The lowest BCUT2D eigenvalue weighted by Gasteiger charge is -2.11. The molecule has 2 aromatic rings. The van der Waals surface area contributed by atoms with E-state index in [2.05, 4.69) is 43.3 Å². The second-order valence-electron chi connectivity index (χ2n) is 3.84. The van der Waals surface area contributed by atoms with Crippen LogP contribution in [0.5, 0.6) is 0 Å². The summed E-state index contributed by atoms with van der Waals surface area (Å²) in [6.07, 6.45) is 1.26. The number of hydrogen-bond acceptors (Lipinski definition) is 2. The zero-order valence-corrected chi connectivity index (χ0v) is 13.1. The highest BCUT2D eigenvalue weighted by molar-refractivity contribution is 9.11. The van der Waals surface area contributed by atoms with Gasteiger partial charge >= 0.3 is 0 Å². The molecule has 0 saturated carbocycles. The van der Waals surface area contributed by atoms with Gasteiger partial charge in [0.25, 0.3) is 0 Å². The van der Waals surface area contributed by atoms with Crippen molar-refractivity contribution in [1.29, 1.82) is 0 Å². The molecule has 17 heavy (non-hydrogen) atoms. The normalized spacial score (nSPS) is 12.6. The van der Waals surface area contributed by atoms with E-state index in [-0.39, 0.29) is 0 Å². The minimum atomic E-state index is -0.411. The van der Waals surface area contributed by atoms with Gasteiger partial charge in [-0.2, -0.15) is 0 Å². The molecule has 4 heteroatoms. The van der Waals surface area contributed by atoms with Gasteiger partial charge in [-0.15, -0.1) is 11.3 Å². The van der Waals surface area contributed by atoms with Gasteiger partial charge in [-0.1, -0.05) is 37.9 Å². The molecule has 0 aliphatic carbocycles. The smallest absolute Gasteiger partial charge is 0.0794 e. The second-order valence-corrected chi connectivity index (χ2v) is 6.70. The fraction of sp³-hybridized carbons (Fsp3) is 0.231. The van der Waals surface area contributed by atoms with E-state index in [0.29, 0.717) is 0 Å². The van der Waals surface area contributed by atoms with Crippen LogP contribution in [0.15, 0.2) is 44.7 Å². The van der Waals surface area contributed by atoms with Gasteiger partial charge in [-0.05, 0) is 48.1 Å². The Morgan fingerprint density at radius 2 is 1.88 bits per heavy atom. The van der Waals surface area contributed by atoms with Crippen LogP contribution in [0.4, 0.5) is 0 Å². The van der Waals surface area contributed by atoms with Crippen molar-refractivity contribution in [2.24, 2.45) is 0 Å². The summed E-state index contributed by atoms with van der Waals surface area (Å²) in [5.41, 5.74) is 0.947. The van der Waals surface area contributed by atoms with Crippen molar-refractivity contribution in [2.75, 3.05) is 0 Å². The van der Waals surface area contributed by atoms with E-state index in [9.17, 15) is 5.11 Å². The van der Waals surface area contributed by atoms with Crippen molar-refractivity contribution in [1.82, 2.24) is 0 Å². The van der Waals surface area contributed by atoms with Crippen LogP contribution in [0.2, 0.25) is 0 Å². The van der Waals surface area contributed by atoms with Gasteiger partial charge in [0.2, 0.25) is 0 Å². The molecular weight excluding hydrogens is 364 g/mol. The fourth-order valence-corrected chi connectivity index (χ4v) is 3.72. The van der Waals surface area contributed by atoms with E-state index >= 15 is 0 Å². The molecule has 1 atom stereocenters. The SMILES string of the molecule is OC(CCc1cccs1)c1cc(Br)cc(Br)c1. The highest BCUT2D eigenvalue weighted by atomic mass is 79.9. The Balaban J connectivity index is 2.01. The Kier molecular flexibility index (Phi) is 4.79. The lowest BCUT2D eigenvalue weighted by Crippen LogP contribution is -1.99. The van der Waals surface area contributed by atoms with Crippen LogP contribution in [-0.2, 0) is 6.42 Å². The third-order valence-electron chi connectivity index (χ3n) is 2.51. The highest BCUT2D eigenvalue weighted by Crippen LogP contribution is 2.27. The predicted molar refractivity (Wildman–Crippen MR) is 79.4 cm³/mol. The van der Waals surface area contributed by atoms with Gasteiger partial charge in [-0.3, -0.25) is 0 Å². The number of halogens is 2. The average Bonchev–Trinajstić information content (AvgIpc) is 2.77. The summed E-state index contributed by atoms with van der Waals surface area (Å²) in [4.78, 5) is 1.32. The molecular formula is C13H12Br2OS. The van der Waals surface area contributed by atoms with Crippen LogP contribution in [0.25, 0.3) is 0 Å². The lowest BCUT2D eigenvalue weighted by molar-refractivity contribution is 0.168. The molecule has 90 valence electrons. The first kappa shape index (κ1) is 13.3. The summed E-state index contributed by atoms with van der Waals surface area (Å²) < 4.78 is 1.97. The molecule has 0 spiro atoms. The molecule has 0 aliphatic rings. The molecule has 1 heterocycles. The maximum atomic E-state index is 10.1. The van der Waals surface area contributed by atoms with Gasteiger partial charge in [-0.25, -0.2) is 0 Å². The molecule has 1 aromatic heterocycles. The van der Waals surface area contributed by atoms with Crippen LogP contribution in [0.1, 0.15) is 23.0 Å². The molecule has 0 fully saturated rings. The predicted octanol–water partition coefficient (Wildman–Crippen LogP) is 4.94. The van der Waals surface area contributed by atoms with Crippen molar-refractivity contribution in [2.45, 2.75) is 18.9 Å². The van der Waals surface area contributed by atoms with E-state index in [4.69, 9.17) is 0 Å². The van der Waals surface area contributed by atoms with Crippen LogP contribution in [-0.4, -0.2) is 5.11 Å². The Morgan fingerprint density at radius 1 is 1.18 bits per heavy atom. The number of aliphatic hydroxyl groups is 1. The molecule has 0 aliphatic heterocycles. The highest BCUT2D eigenvalue weighted by Gasteiger charge is 2.09. The van der Waals surface area contributed by atoms with Crippen LogP contribution >= 0.6 is 43.2 Å². The zero-order chi connectivity index (χ0) is 12.3. The van der Waals surface area contributed by atoms with E-state index in [1.807, 2.05) is 24.3 Å². The lowest BCUT2D eigenvalue weighted by atomic mass is 10.0. The van der Waals surface area contributed by atoms with E-state index in [0.717, 1.165) is 27.4 Å². The first-order valence-electron chi connectivity index (χ1n) is 5.31. The van der Waals surface area contributed by atoms with Crippen molar-refractivity contribution in [3.05, 3.63) is 55.1 Å². The molecule has 0 radical (unpaired) electrons. The number of aliphatic hydroxyl groups excluding tert-OH is 1. The molecule has 1 N–H and O–H groups in total. The van der Waals surface area contributed by atoms with Gasteiger partial charge < -0.3 is 5.11 Å². The van der Waals surface area contributed by atoms with E-state index in [1.54, 1.807) is 11.3 Å². The van der Waals surface area contributed by atoms with Gasteiger partial charge in [0.05, 0.1) is 6.10 Å².